The molecule has 8 heteroatoms. The van der Waals surface area contributed by atoms with Gasteiger partial charge < -0.3 is 5.32 Å². The maximum absolute atomic E-state index is 12.7. The molecule has 0 radical (unpaired) electrons. The number of nitrogens with one attached hydrogen (secondary N) is 1. The molecule has 0 spiro atoms. The van der Waals surface area contributed by atoms with E-state index < -0.39 is 10.0 Å². The van der Waals surface area contributed by atoms with Gasteiger partial charge in [-0.15, -0.1) is 0 Å². The molecule has 0 atom stereocenters. The summed E-state index contributed by atoms with van der Waals surface area (Å²) in [5.41, 5.74) is 3.75. The summed E-state index contributed by atoms with van der Waals surface area (Å²) in [6, 6.07) is 5.95. The van der Waals surface area contributed by atoms with Gasteiger partial charge in [0, 0.05) is 13.5 Å². The maximum atomic E-state index is 12.7. The van der Waals surface area contributed by atoms with E-state index in [0.29, 0.717) is 11.7 Å². The molecular formula is C18H21N3O3S2. The second kappa shape index (κ2) is 6.35. The highest BCUT2D eigenvalue weighted by Gasteiger charge is 2.41. The third-order valence-electron chi connectivity index (χ3n) is 4.75. The van der Waals surface area contributed by atoms with Crippen molar-refractivity contribution < 1.29 is 13.2 Å². The number of rotatable bonds is 4. The van der Waals surface area contributed by atoms with Crippen LogP contribution in [0.3, 0.4) is 0 Å². The Bertz CT molecular complexity index is 978. The molecule has 2 aromatic rings. The lowest BCUT2D eigenvalue weighted by molar-refractivity contribution is -0.114. The number of thiazole rings is 1. The summed E-state index contributed by atoms with van der Waals surface area (Å²) >= 11 is 1.44. The Labute approximate surface area is 157 Å². The molecule has 2 heterocycles. The molecule has 0 bridgehead atoms. The van der Waals surface area contributed by atoms with Crippen LogP contribution in [0.2, 0.25) is 0 Å². The summed E-state index contributed by atoms with van der Waals surface area (Å²) in [7, 11) is -3.22. The maximum Gasteiger partial charge on any atom is 0.238 e. The van der Waals surface area contributed by atoms with E-state index >= 15 is 0 Å². The summed E-state index contributed by atoms with van der Waals surface area (Å²) in [4.78, 5) is 16.6. The largest absolute Gasteiger partial charge is 0.302 e. The van der Waals surface area contributed by atoms with Gasteiger partial charge >= 0.3 is 0 Å². The van der Waals surface area contributed by atoms with E-state index in [1.165, 1.54) is 18.3 Å². The monoisotopic (exact) mass is 391 g/mol. The number of benzene rings is 1. The number of amides is 1. The predicted molar refractivity (Wildman–Crippen MR) is 104 cm³/mol. The first-order chi connectivity index (χ1) is 12.4. The highest BCUT2D eigenvalue weighted by Crippen LogP contribution is 2.40. The van der Waals surface area contributed by atoms with Crippen LogP contribution in [-0.4, -0.2) is 31.1 Å². The number of aryl methyl sites for hydroxylation is 2. The van der Waals surface area contributed by atoms with Crippen molar-refractivity contribution in [3.05, 3.63) is 29.5 Å². The van der Waals surface area contributed by atoms with Gasteiger partial charge in [-0.1, -0.05) is 17.4 Å². The quantitative estimate of drug-likeness (QED) is 0.867. The van der Waals surface area contributed by atoms with E-state index in [0.717, 1.165) is 53.1 Å². The number of hydrogen-bond donors (Lipinski definition) is 1. The zero-order valence-electron chi connectivity index (χ0n) is 14.8. The number of nitrogens with zero attached hydrogens (tertiary/aromatic N) is 2. The van der Waals surface area contributed by atoms with E-state index in [1.54, 1.807) is 4.31 Å². The second-order valence-corrected chi connectivity index (χ2v) is 10.0. The van der Waals surface area contributed by atoms with Crippen LogP contribution in [0.15, 0.2) is 18.2 Å². The van der Waals surface area contributed by atoms with Crippen LogP contribution in [-0.2, 0) is 21.2 Å². The molecule has 138 valence electrons. The number of carbonyl (C=O) groups excluding carboxylic acids is 1. The van der Waals surface area contributed by atoms with Gasteiger partial charge in [-0.2, -0.15) is 0 Å². The number of carbonyl (C=O) groups is 1. The van der Waals surface area contributed by atoms with Crippen LogP contribution in [0.1, 0.15) is 37.4 Å². The molecule has 2 aliphatic rings. The predicted octanol–water partition coefficient (Wildman–Crippen LogP) is 3.32. The van der Waals surface area contributed by atoms with Gasteiger partial charge in [0.1, 0.15) is 0 Å². The Morgan fingerprint density at radius 3 is 2.81 bits per heavy atom. The SMILES string of the molecule is CC(=O)Nc1nc(C)c(-c2ccc3c(c2)CCCN3S(=O)(=O)C2CC2)s1. The summed E-state index contributed by atoms with van der Waals surface area (Å²) in [6.07, 6.45) is 3.26. The molecule has 1 aromatic carbocycles. The minimum Gasteiger partial charge on any atom is -0.302 e. The first-order valence-corrected chi connectivity index (χ1v) is 11.1. The Kier molecular flexibility index (Phi) is 4.27. The number of aromatic nitrogens is 1. The average Bonchev–Trinajstić information content (AvgIpc) is 3.38. The second-order valence-electron chi connectivity index (χ2n) is 6.88. The van der Waals surface area contributed by atoms with Crippen LogP contribution >= 0.6 is 11.3 Å². The normalized spacial score (nSPS) is 17.1. The smallest absolute Gasteiger partial charge is 0.238 e. The Balaban J connectivity index is 1.69. The van der Waals surface area contributed by atoms with Crippen LogP contribution in [0.5, 0.6) is 0 Å². The zero-order chi connectivity index (χ0) is 18.5. The van der Waals surface area contributed by atoms with Crippen molar-refractivity contribution in [2.45, 2.75) is 44.8 Å². The van der Waals surface area contributed by atoms with Gasteiger partial charge in [0.25, 0.3) is 0 Å². The molecule has 0 saturated heterocycles. The highest BCUT2D eigenvalue weighted by molar-refractivity contribution is 7.93. The highest BCUT2D eigenvalue weighted by atomic mass is 32.2. The van der Waals surface area contributed by atoms with Crippen LogP contribution in [0.25, 0.3) is 10.4 Å². The minimum atomic E-state index is -3.22. The number of anilines is 2. The van der Waals surface area contributed by atoms with Gasteiger partial charge in [-0.3, -0.25) is 9.10 Å². The van der Waals surface area contributed by atoms with E-state index in [9.17, 15) is 13.2 Å². The van der Waals surface area contributed by atoms with Crippen molar-refractivity contribution in [1.29, 1.82) is 0 Å². The molecule has 1 amide bonds. The molecule has 1 aliphatic carbocycles. The lowest BCUT2D eigenvalue weighted by atomic mass is 10.00. The van der Waals surface area contributed by atoms with Crippen molar-refractivity contribution in [1.82, 2.24) is 4.98 Å². The third-order valence-corrected chi connectivity index (χ3v) is 8.18. The number of hydrogen-bond acceptors (Lipinski definition) is 5. The average molecular weight is 392 g/mol. The van der Waals surface area contributed by atoms with Crippen LogP contribution in [0, 0.1) is 6.92 Å². The van der Waals surface area contributed by atoms with E-state index in [1.807, 2.05) is 19.1 Å². The topological polar surface area (TPSA) is 79.4 Å². The number of fused-ring (bicyclic) bond motifs is 1. The fourth-order valence-corrected chi connectivity index (χ4v) is 6.32. The molecule has 1 aliphatic heterocycles. The molecule has 4 rings (SSSR count). The first kappa shape index (κ1) is 17.5. The molecule has 1 saturated carbocycles. The number of sulfonamides is 1. The standard InChI is InChI=1S/C18H21N3O3S2/c1-11-17(25-18(19-11)20-12(2)22)14-5-8-16-13(10-14)4-3-9-21(16)26(23,24)15-6-7-15/h5,8,10,15H,3-4,6-7,9H2,1-2H3,(H,19,20,22). The summed E-state index contributed by atoms with van der Waals surface area (Å²) in [6.45, 7) is 3.95. The first-order valence-electron chi connectivity index (χ1n) is 8.76. The molecule has 26 heavy (non-hydrogen) atoms. The van der Waals surface area contributed by atoms with Gasteiger partial charge in [0.15, 0.2) is 5.13 Å². The fourth-order valence-electron chi connectivity index (χ4n) is 3.38. The molecule has 6 nitrogen and oxygen atoms in total. The lowest BCUT2D eigenvalue weighted by Gasteiger charge is -2.31. The summed E-state index contributed by atoms with van der Waals surface area (Å²) < 4.78 is 27.0. The van der Waals surface area contributed by atoms with Crippen molar-refractivity contribution in [2.75, 3.05) is 16.2 Å². The molecular weight excluding hydrogens is 370 g/mol. The fraction of sp³-hybridized carbons (Fsp3) is 0.444. The third kappa shape index (κ3) is 3.12. The minimum absolute atomic E-state index is 0.142. The lowest BCUT2D eigenvalue weighted by Crippen LogP contribution is -2.37. The van der Waals surface area contributed by atoms with Crippen LogP contribution in [0.4, 0.5) is 10.8 Å². The van der Waals surface area contributed by atoms with Gasteiger partial charge in [-0.05, 0) is 55.9 Å². The molecule has 1 aromatic heterocycles. The van der Waals surface area contributed by atoms with Crippen molar-refractivity contribution in [2.24, 2.45) is 0 Å². The Morgan fingerprint density at radius 1 is 1.35 bits per heavy atom. The van der Waals surface area contributed by atoms with Gasteiger partial charge in [-0.25, -0.2) is 13.4 Å². The van der Waals surface area contributed by atoms with Crippen LogP contribution < -0.4 is 9.62 Å². The van der Waals surface area contributed by atoms with Crippen molar-refractivity contribution >= 4 is 38.1 Å². The Hall–Kier alpha value is -1.93. The van der Waals surface area contributed by atoms with E-state index in [-0.39, 0.29) is 11.2 Å². The summed E-state index contributed by atoms with van der Waals surface area (Å²) in [5.74, 6) is -0.142. The molecule has 1 N–H and O–H groups in total. The van der Waals surface area contributed by atoms with Crippen molar-refractivity contribution in [3.63, 3.8) is 0 Å². The Morgan fingerprint density at radius 2 is 2.12 bits per heavy atom. The van der Waals surface area contributed by atoms with E-state index in [4.69, 9.17) is 0 Å². The molecule has 1 fully saturated rings. The molecule has 0 unspecified atom stereocenters. The zero-order valence-corrected chi connectivity index (χ0v) is 16.4. The van der Waals surface area contributed by atoms with Gasteiger partial charge in [0.05, 0.1) is 21.5 Å². The van der Waals surface area contributed by atoms with Crippen molar-refractivity contribution in [3.8, 4) is 10.4 Å². The van der Waals surface area contributed by atoms with E-state index in [2.05, 4.69) is 16.4 Å². The van der Waals surface area contributed by atoms with Gasteiger partial charge in [0.2, 0.25) is 15.9 Å². The summed E-state index contributed by atoms with van der Waals surface area (Å²) in [5, 5.41) is 3.11.